The summed E-state index contributed by atoms with van der Waals surface area (Å²) in [5.74, 6) is -0.599. The van der Waals surface area contributed by atoms with Crippen LogP contribution >= 0.6 is 0 Å². The fourth-order valence-electron chi connectivity index (χ4n) is 2.28. The third kappa shape index (κ3) is 2.86. The predicted molar refractivity (Wildman–Crippen MR) is 72.3 cm³/mol. The minimum atomic E-state index is -0.675. The van der Waals surface area contributed by atoms with Gasteiger partial charge in [0.1, 0.15) is 24.1 Å². The molecule has 0 bridgehead atoms. The highest BCUT2D eigenvalue weighted by molar-refractivity contribution is 5.42. The molecule has 1 aromatic heterocycles. The third-order valence-corrected chi connectivity index (χ3v) is 3.15. The van der Waals surface area contributed by atoms with Crippen LogP contribution in [0, 0.1) is 11.6 Å². The summed E-state index contributed by atoms with van der Waals surface area (Å²) in [6, 6.07) is 4.87. The normalized spacial score (nSPS) is 16.4. The Bertz CT molecular complexity index is 725. The van der Waals surface area contributed by atoms with Gasteiger partial charge in [-0.3, -0.25) is 4.57 Å². The molecule has 0 unspecified atom stereocenters. The molecule has 5 nitrogen and oxygen atoms in total. The Balaban J connectivity index is 1.79. The number of ether oxygens (including phenoxy) is 1. The zero-order valence-electron chi connectivity index (χ0n) is 11.3. The number of anilines is 1. The van der Waals surface area contributed by atoms with Gasteiger partial charge in [0.05, 0.1) is 0 Å². The second kappa shape index (κ2) is 5.16. The van der Waals surface area contributed by atoms with Gasteiger partial charge in [0.15, 0.2) is 0 Å². The minimum Gasteiger partial charge on any atom is -0.473 e. The van der Waals surface area contributed by atoms with Crippen molar-refractivity contribution in [2.24, 2.45) is 0 Å². The highest BCUT2D eigenvalue weighted by Gasteiger charge is 2.19. The van der Waals surface area contributed by atoms with Crippen molar-refractivity contribution in [2.75, 3.05) is 5.32 Å². The minimum absolute atomic E-state index is 0.0693. The van der Waals surface area contributed by atoms with Crippen LogP contribution in [0.5, 0.6) is 5.88 Å². The Labute approximate surface area is 119 Å². The number of rotatable bonds is 3. The number of nitrogens with zero attached hydrogens (tertiary/aromatic N) is 2. The van der Waals surface area contributed by atoms with E-state index in [1.165, 1.54) is 16.7 Å². The fourth-order valence-corrected chi connectivity index (χ4v) is 2.28. The molecule has 110 valence electrons. The smallest absolute Gasteiger partial charge is 0.352 e. The van der Waals surface area contributed by atoms with Crippen molar-refractivity contribution in [2.45, 2.75) is 26.1 Å². The van der Waals surface area contributed by atoms with Gasteiger partial charge in [-0.2, -0.15) is 4.98 Å². The zero-order chi connectivity index (χ0) is 15.0. The van der Waals surface area contributed by atoms with Gasteiger partial charge in [-0.05, 0) is 24.6 Å². The summed E-state index contributed by atoms with van der Waals surface area (Å²) in [6.45, 7) is 2.43. The van der Waals surface area contributed by atoms with E-state index in [4.69, 9.17) is 4.74 Å². The molecular formula is C14H13F2N3O2. The van der Waals surface area contributed by atoms with Gasteiger partial charge < -0.3 is 10.1 Å². The van der Waals surface area contributed by atoms with Crippen molar-refractivity contribution in [3.05, 3.63) is 51.9 Å². The lowest BCUT2D eigenvalue weighted by molar-refractivity contribution is 0.290. The van der Waals surface area contributed by atoms with Crippen LogP contribution in [0.4, 0.5) is 14.6 Å². The highest BCUT2D eigenvalue weighted by atomic mass is 19.1. The van der Waals surface area contributed by atoms with Crippen molar-refractivity contribution in [3.8, 4) is 5.88 Å². The lowest BCUT2D eigenvalue weighted by atomic mass is 10.2. The molecule has 0 saturated carbocycles. The Morgan fingerprint density at radius 2 is 2.05 bits per heavy atom. The van der Waals surface area contributed by atoms with Crippen LogP contribution in [-0.4, -0.2) is 15.6 Å². The van der Waals surface area contributed by atoms with E-state index >= 15 is 0 Å². The van der Waals surface area contributed by atoms with Crippen LogP contribution < -0.4 is 15.7 Å². The van der Waals surface area contributed by atoms with Crippen LogP contribution in [-0.2, 0) is 13.2 Å². The van der Waals surface area contributed by atoms with Gasteiger partial charge in [0.2, 0.25) is 5.88 Å². The molecule has 3 rings (SSSR count). The number of hydrogen-bond donors (Lipinski definition) is 1. The van der Waals surface area contributed by atoms with Crippen LogP contribution in [0.2, 0.25) is 0 Å². The molecule has 7 heteroatoms. The van der Waals surface area contributed by atoms with Crippen molar-refractivity contribution < 1.29 is 13.5 Å². The van der Waals surface area contributed by atoms with Crippen molar-refractivity contribution >= 4 is 5.82 Å². The first-order valence-corrected chi connectivity index (χ1v) is 6.47. The molecule has 0 fully saturated rings. The largest absolute Gasteiger partial charge is 0.473 e. The quantitative estimate of drug-likeness (QED) is 0.939. The van der Waals surface area contributed by atoms with Crippen molar-refractivity contribution in [1.29, 1.82) is 0 Å². The van der Waals surface area contributed by atoms with E-state index in [0.717, 1.165) is 6.07 Å². The SMILES string of the molecule is C[C@H]1Cn2c(cc(OCc3cc(F)cc(F)c3)nc2=O)N1. The van der Waals surface area contributed by atoms with E-state index in [1.807, 2.05) is 6.92 Å². The number of nitrogens with one attached hydrogen (secondary N) is 1. The molecule has 1 aliphatic heterocycles. The maximum Gasteiger partial charge on any atom is 0.352 e. The predicted octanol–water partition coefficient (Wildman–Crippen LogP) is 1.91. The van der Waals surface area contributed by atoms with E-state index < -0.39 is 17.3 Å². The lowest BCUT2D eigenvalue weighted by Crippen LogP contribution is -2.22. The molecule has 2 heterocycles. The Kier molecular flexibility index (Phi) is 3.32. The van der Waals surface area contributed by atoms with Crippen LogP contribution in [0.15, 0.2) is 29.1 Å². The zero-order valence-corrected chi connectivity index (χ0v) is 11.3. The maximum atomic E-state index is 13.1. The van der Waals surface area contributed by atoms with Gasteiger partial charge >= 0.3 is 5.69 Å². The first kappa shape index (κ1) is 13.5. The summed E-state index contributed by atoms with van der Waals surface area (Å²) < 4.78 is 33.0. The monoisotopic (exact) mass is 293 g/mol. The van der Waals surface area contributed by atoms with Gasteiger partial charge in [-0.1, -0.05) is 0 Å². The molecule has 1 aromatic carbocycles. The summed E-state index contributed by atoms with van der Waals surface area (Å²) in [5, 5.41) is 3.12. The van der Waals surface area contributed by atoms with Crippen molar-refractivity contribution in [1.82, 2.24) is 9.55 Å². The fraction of sp³-hybridized carbons (Fsp3) is 0.286. The number of aromatic nitrogens is 2. The third-order valence-electron chi connectivity index (χ3n) is 3.15. The van der Waals surface area contributed by atoms with Crippen LogP contribution in [0.1, 0.15) is 12.5 Å². The lowest BCUT2D eigenvalue weighted by Gasteiger charge is -2.08. The average molecular weight is 293 g/mol. The molecule has 2 aromatic rings. The van der Waals surface area contributed by atoms with Gasteiger partial charge in [-0.15, -0.1) is 0 Å². The van der Waals surface area contributed by atoms with Gasteiger partial charge in [0.25, 0.3) is 0 Å². The number of hydrogen-bond acceptors (Lipinski definition) is 4. The first-order valence-electron chi connectivity index (χ1n) is 6.47. The maximum absolute atomic E-state index is 13.1. The van der Waals surface area contributed by atoms with E-state index in [0.29, 0.717) is 17.9 Å². The topological polar surface area (TPSA) is 56.2 Å². The summed E-state index contributed by atoms with van der Waals surface area (Å²) >= 11 is 0. The van der Waals surface area contributed by atoms with Crippen LogP contribution in [0.3, 0.4) is 0 Å². The summed E-state index contributed by atoms with van der Waals surface area (Å²) in [6.07, 6.45) is 0. The molecule has 21 heavy (non-hydrogen) atoms. The van der Waals surface area contributed by atoms with E-state index in [1.54, 1.807) is 6.07 Å². The highest BCUT2D eigenvalue weighted by Crippen LogP contribution is 2.20. The molecule has 1 N–H and O–H groups in total. The van der Waals surface area contributed by atoms with E-state index in [-0.39, 0.29) is 18.5 Å². The molecule has 1 atom stereocenters. The molecule has 0 spiro atoms. The van der Waals surface area contributed by atoms with E-state index in [2.05, 4.69) is 10.3 Å². The molecule has 1 aliphatic rings. The Morgan fingerprint density at radius 3 is 2.76 bits per heavy atom. The van der Waals surface area contributed by atoms with Crippen LogP contribution in [0.25, 0.3) is 0 Å². The number of benzene rings is 1. The Hall–Kier alpha value is -2.44. The second-order valence-electron chi connectivity index (χ2n) is 4.98. The molecule has 0 aliphatic carbocycles. The molecule has 0 amide bonds. The second-order valence-corrected chi connectivity index (χ2v) is 4.98. The molecule has 0 saturated heterocycles. The summed E-state index contributed by atoms with van der Waals surface area (Å²) in [5.41, 5.74) is -0.0824. The standard InChI is InChI=1S/C14H13F2N3O2/c1-8-6-19-12(17-8)5-13(18-14(19)20)21-7-9-2-10(15)4-11(16)3-9/h2-5,8,17H,6-7H2,1H3/t8-/m0/s1. The summed E-state index contributed by atoms with van der Waals surface area (Å²) in [4.78, 5) is 15.6. The van der Waals surface area contributed by atoms with Gasteiger partial charge in [0, 0.05) is 24.7 Å². The Morgan fingerprint density at radius 1 is 1.33 bits per heavy atom. The molecule has 0 radical (unpaired) electrons. The van der Waals surface area contributed by atoms with Gasteiger partial charge in [-0.25, -0.2) is 13.6 Å². The molecular weight excluding hydrogens is 280 g/mol. The van der Waals surface area contributed by atoms with Crippen molar-refractivity contribution in [3.63, 3.8) is 0 Å². The average Bonchev–Trinajstić information content (AvgIpc) is 2.76. The number of halogens is 2. The van der Waals surface area contributed by atoms with E-state index in [9.17, 15) is 13.6 Å². The first-order chi connectivity index (χ1) is 10.0. The number of fused-ring (bicyclic) bond motifs is 1. The summed E-state index contributed by atoms with van der Waals surface area (Å²) in [7, 11) is 0.